The van der Waals surface area contributed by atoms with Gasteiger partial charge in [-0.05, 0) is 12.8 Å². The molecule has 2 rings (SSSR count). The number of morpholine rings is 1. The maximum atomic E-state index is 5.75. The van der Waals surface area contributed by atoms with E-state index in [1.54, 1.807) is 14.2 Å². The minimum atomic E-state index is -0.104. The molecule has 0 aromatic heterocycles. The zero-order valence-corrected chi connectivity index (χ0v) is 8.94. The van der Waals surface area contributed by atoms with Gasteiger partial charge >= 0.3 is 0 Å². The van der Waals surface area contributed by atoms with E-state index in [0.717, 1.165) is 19.6 Å². The predicted octanol–water partition coefficient (Wildman–Crippen LogP) is 0.468. The van der Waals surface area contributed by atoms with Crippen molar-refractivity contribution < 1.29 is 14.2 Å². The van der Waals surface area contributed by atoms with E-state index in [0.29, 0.717) is 12.2 Å². The lowest BCUT2D eigenvalue weighted by atomic mass is 10.2. The van der Waals surface area contributed by atoms with Crippen molar-refractivity contribution in [2.45, 2.75) is 31.3 Å². The number of likely N-dealkylation sites (tertiary alicyclic amines) is 1. The van der Waals surface area contributed by atoms with E-state index in [1.165, 1.54) is 12.8 Å². The monoisotopic (exact) mass is 201 g/mol. The van der Waals surface area contributed by atoms with Crippen LogP contribution in [0.2, 0.25) is 0 Å². The maximum absolute atomic E-state index is 5.75. The third-order valence-corrected chi connectivity index (χ3v) is 3.05. The van der Waals surface area contributed by atoms with Crippen LogP contribution in [0.25, 0.3) is 0 Å². The van der Waals surface area contributed by atoms with Gasteiger partial charge in [0.1, 0.15) is 0 Å². The summed E-state index contributed by atoms with van der Waals surface area (Å²) < 4.78 is 16.1. The summed E-state index contributed by atoms with van der Waals surface area (Å²) in [4.78, 5) is 2.38. The molecule has 0 radical (unpaired) electrons. The van der Waals surface area contributed by atoms with E-state index in [9.17, 15) is 0 Å². The van der Waals surface area contributed by atoms with Crippen molar-refractivity contribution in [1.82, 2.24) is 4.90 Å². The number of hydrogen-bond acceptors (Lipinski definition) is 4. The molecule has 0 saturated carbocycles. The summed E-state index contributed by atoms with van der Waals surface area (Å²) in [5.41, 5.74) is 0. The molecule has 2 atom stereocenters. The second-order valence-electron chi connectivity index (χ2n) is 4.08. The average molecular weight is 201 g/mol. The molecule has 0 aromatic rings. The highest BCUT2D eigenvalue weighted by Gasteiger charge is 2.34. The van der Waals surface area contributed by atoms with Gasteiger partial charge < -0.3 is 14.2 Å². The first-order valence-electron chi connectivity index (χ1n) is 5.25. The Labute approximate surface area is 85.1 Å². The van der Waals surface area contributed by atoms with Crippen LogP contribution in [0.3, 0.4) is 0 Å². The Kier molecular flexibility index (Phi) is 3.38. The second-order valence-corrected chi connectivity index (χ2v) is 4.08. The topological polar surface area (TPSA) is 30.9 Å². The molecule has 2 unspecified atom stereocenters. The number of ether oxygens (including phenoxy) is 3. The minimum absolute atomic E-state index is 0.104. The zero-order chi connectivity index (χ0) is 9.97. The maximum Gasteiger partial charge on any atom is 0.169 e. The molecule has 82 valence electrons. The highest BCUT2D eigenvalue weighted by atomic mass is 16.7. The largest absolute Gasteiger partial charge is 0.372 e. The first-order valence-corrected chi connectivity index (χ1v) is 5.25. The first kappa shape index (κ1) is 10.4. The van der Waals surface area contributed by atoms with Crippen molar-refractivity contribution in [2.75, 3.05) is 33.9 Å². The molecule has 14 heavy (non-hydrogen) atoms. The Hall–Kier alpha value is -0.160. The normalized spacial score (nSPS) is 32.8. The third kappa shape index (κ3) is 2.25. The first-order chi connectivity index (χ1) is 6.81. The van der Waals surface area contributed by atoms with Crippen LogP contribution in [-0.2, 0) is 14.2 Å². The molecule has 2 heterocycles. The van der Waals surface area contributed by atoms with Crippen molar-refractivity contribution in [3.8, 4) is 0 Å². The van der Waals surface area contributed by atoms with Gasteiger partial charge in [0, 0.05) is 33.9 Å². The molecule has 2 bridgehead atoms. The molecule has 0 spiro atoms. The van der Waals surface area contributed by atoms with Gasteiger partial charge in [-0.15, -0.1) is 0 Å². The number of fused-ring (bicyclic) bond motifs is 2. The summed E-state index contributed by atoms with van der Waals surface area (Å²) >= 11 is 0. The van der Waals surface area contributed by atoms with Gasteiger partial charge in [0.15, 0.2) is 6.29 Å². The Morgan fingerprint density at radius 2 is 1.79 bits per heavy atom. The summed E-state index contributed by atoms with van der Waals surface area (Å²) in [6, 6.07) is 0. The summed E-state index contributed by atoms with van der Waals surface area (Å²) in [5, 5.41) is 0. The molecule has 4 nitrogen and oxygen atoms in total. The highest BCUT2D eigenvalue weighted by molar-refractivity contribution is 4.84. The van der Waals surface area contributed by atoms with E-state index >= 15 is 0 Å². The lowest BCUT2D eigenvalue weighted by Crippen LogP contribution is -2.46. The molecule has 0 amide bonds. The SMILES string of the molecule is COC(CN1CC2CCC(C1)O2)OC. The van der Waals surface area contributed by atoms with Crippen LogP contribution in [-0.4, -0.2) is 57.3 Å². The van der Waals surface area contributed by atoms with Gasteiger partial charge in [0.2, 0.25) is 0 Å². The van der Waals surface area contributed by atoms with Crippen molar-refractivity contribution in [1.29, 1.82) is 0 Å². The lowest BCUT2D eigenvalue weighted by Gasteiger charge is -2.33. The van der Waals surface area contributed by atoms with Gasteiger partial charge in [0.25, 0.3) is 0 Å². The van der Waals surface area contributed by atoms with Crippen LogP contribution in [0, 0.1) is 0 Å². The molecule has 2 saturated heterocycles. The predicted molar refractivity (Wildman–Crippen MR) is 52.1 cm³/mol. The van der Waals surface area contributed by atoms with E-state index in [1.807, 2.05) is 0 Å². The summed E-state index contributed by atoms with van der Waals surface area (Å²) in [7, 11) is 3.37. The number of nitrogens with zero attached hydrogens (tertiary/aromatic N) is 1. The zero-order valence-electron chi connectivity index (χ0n) is 8.94. The average Bonchev–Trinajstić information content (AvgIpc) is 2.55. The van der Waals surface area contributed by atoms with Crippen LogP contribution in [0.4, 0.5) is 0 Å². The number of methoxy groups -OCH3 is 2. The summed E-state index contributed by atoms with van der Waals surface area (Å²) in [5.74, 6) is 0. The van der Waals surface area contributed by atoms with E-state index in [2.05, 4.69) is 4.90 Å². The van der Waals surface area contributed by atoms with E-state index < -0.39 is 0 Å². The fourth-order valence-corrected chi connectivity index (χ4v) is 2.30. The quantitative estimate of drug-likeness (QED) is 0.619. The molecule has 2 aliphatic rings. The standard InChI is InChI=1S/C10H19NO3/c1-12-10(13-2)7-11-5-8-3-4-9(6-11)14-8/h8-10H,3-7H2,1-2H3. The smallest absolute Gasteiger partial charge is 0.169 e. The van der Waals surface area contributed by atoms with Crippen LogP contribution >= 0.6 is 0 Å². The fraction of sp³-hybridized carbons (Fsp3) is 1.00. The Morgan fingerprint density at radius 1 is 1.21 bits per heavy atom. The number of hydrogen-bond donors (Lipinski definition) is 0. The van der Waals surface area contributed by atoms with Crippen LogP contribution < -0.4 is 0 Å². The van der Waals surface area contributed by atoms with Gasteiger partial charge in [0.05, 0.1) is 12.2 Å². The van der Waals surface area contributed by atoms with E-state index in [-0.39, 0.29) is 6.29 Å². The lowest BCUT2D eigenvalue weighted by molar-refractivity contribution is -0.132. The molecular formula is C10H19NO3. The molecular weight excluding hydrogens is 182 g/mol. The molecule has 0 aromatic carbocycles. The summed E-state index contributed by atoms with van der Waals surface area (Å²) in [6.07, 6.45) is 3.22. The second kappa shape index (κ2) is 4.57. The minimum Gasteiger partial charge on any atom is -0.372 e. The number of rotatable bonds is 4. The Balaban J connectivity index is 1.81. The molecule has 0 N–H and O–H groups in total. The van der Waals surface area contributed by atoms with Crippen LogP contribution in [0.15, 0.2) is 0 Å². The van der Waals surface area contributed by atoms with Gasteiger partial charge in [-0.3, -0.25) is 4.90 Å². The molecule has 2 aliphatic heterocycles. The van der Waals surface area contributed by atoms with Crippen molar-refractivity contribution >= 4 is 0 Å². The van der Waals surface area contributed by atoms with Crippen LogP contribution in [0.1, 0.15) is 12.8 Å². The summed E-state index contributed by atoms with van der Waals surface area (Å²) in [6.45, 7) is 2.91. The highest BCUT2D eigenvalue weighted by Crippen LogP contribution is 2.26. The van der Waals surface area contributed by atoms with Crippen molar-refractivity contribution in [3.63, 3.8) is 0 Å². The van der Waals surface area contributed by atoms with Gasteiger partial charge in [-0.25, -0.2) is 0 Å². The van der Waals surface area contributed by atoms with Crippen molar-refractivity contribution in [2.24, 2.45) is 0 Å². The van der Waals surface area contributed by atoms with Gasteiger partial charge in [-0.2, -0.15) is 0 Å². The fourth-order valence-electron chi connectivity index (χ4n) is 2.30. The molecule has 2 fully saturated rings. The van der Waals surface area contributed by atoms with E-state index in [4.69, 9.17) is 14.2 Å². The Bertz CT molecular complexity index is 172. The van der Waals surface area contributed by atoms with Gasteiger partial charge in [-0.1, -0.05) is 0 Å². The molecule has 0 aliphatic carbocycles. The van der Waals surface area contributed by atoms with Crippen LogP contribution in [0.5, 0.6) is 0 Å². The molecule has 4 heteroatoms. The van der Waals surface area contributed by atoms with Crippen molar-refractivity contribution in [3.05, 3.63) is 0 Å². The Morgan fingerprint density at radius 3 is 2.29 bits per heavy atom. The third-order valence-electron chi connectivity index (χ3n) is 3.05.